The van der Waals surface area contributed by atoms with E-state index >= 15 is 0 Å². The van der Waals surface area contributed by atoms with Gasteiger partial charge in [0.1, 0.15) is 11.2 Å². The Balaban J connectivity index is 1.96. The number of amides is 1. The minimum Gasteiger partial charge on any atom is -0.352 e. The minimum absolute atomic E-state index is 0.0425. The van der Waals surface area contributed by atoms with Gasteiger partial charge in [-0.3, -0.25) is 18.7 Å². The van der Waals surface area contributed by atoms with Crippen LogP contribution in [0.25, 0.3) is 10.2 Å². The highest BCUT2D eigenvalue weighted by molar-refractivity contribution is 7.17. The molecule has 1 amide bonds. The van der Waals surface area contributed by atoms with Crippen LogP contribution < -0.4 is 16.6 Å². The first-order valence-electron chi connectivity index (χ1n) is 8.53. The first-order valence-corrected chi connectivity index (χ1v) is 10.3. The number of hydrogen-bond acceptors (Lipinski definition) is 5. The van der Waals surface area contributed by atoms with Crippen molar-refractivity contribution in [3.63, 3.8) is 0 Å². The predicted octanol–water partition coefficient (Wildman–Crippen LogP) is 2.44. The highest BCUT2D eigenvalue weighted by atomic mass is 32.1. The van der Waals surface area contributed by atoms with Crippen LogP contribution in [0.15, 0.2) is 38.5 Å². The van der Waals surface area contributed by atoms with E-state index in [1.165, 1.54) is 20.5 Å². The molecule has 0 saturated heterocycles. The molecule has 0 saturated carbocycles. The van der Waals surface area contributed by atoms with Crippen molar-refractivity contribution in [2.75, 3.05) is 0 Å². The Morgan fingerprint density at radius 1 is 1.19 bits per heavy atom. The van der Waals surface area contributed by atoms with Gasteiger partial charge in [-0.25, -0.2) is 4.79 Å². The molecule has 3 rings (SSSR count). The molecule has 0 spiro atoms. The molecule has 3 aromatic heterocycles. The van der Waals surface area contributed by atoms with E-state index in [-0.39, 0.29) is 24.1 Å². The summed E-state index contributed by atoms with van der Waals surface area (Å²) in [6.45, 7) is 4.12. The van der Waals surface area contributed by atoms with E-state index in [0.717, 1.165) is 11.3 Å². The van der Waals surface area contributed by atoms with E-state index in [1.807, 2.05) is 31.4 Å². The molecule has 1 atom stereocenters. The topological polar surface area (TPSA) is 73.1 Å². The van der Waals surface area contributed by atoms with Crippen molar-refractivity contribution in [3.05, 3.63) is 54.7 Å². The Labute approximate surface area is 158 Å². The first-order chi connectivity index (χ1) is 12.5. The smallest absolute Gasteiger partial charge is 0.332 e. The summed E-state index contributed by atoms with van der Waals surface area (Å²) in [5.41, 5.74) is -0.191. The Morgan fingerprint density at radius 3 is 2.69 bits per heavy atom. The molecule has 6 nitrogen and oxygen atoms in total. The largest absolute Gasteiger partial charge is 0.352 e. The maximum absolute atomic E-state index is 12.9. The second-order valence-electron chi connectivity index (χ2n) is 6.17. The zero-order valence-corrected chi connectivity index (χ0v) is 16.4. The number of nitrogens with zero attached hydrogens (tertiary/aromatic N) is 2. The molecular formula is C18H21N3O3S2. The van der Waals surface area contributed by atoms with Crippen molar-refractivity contribution in [1.82, 2.24) is 14.5 Å². The lowest BCUT2D eigenvalue weighted by Gasteiger charge is -2.14. The Bertz CT molecular complexity index is 1010. The standard InChI is InChI=1S/C18H21N3O3S2/c1-3-12(2)19-15(22)11-21-14-7-10-26-16(14)17(23)20(18(21)24)8-6-13-5-4-9-25-13/h4-5,7,9-10,12H,3,6,8,11H2,1-2H3,(H,19,22). The third-order valence-electron chi connectivity index (χ3n) is 4.32. The second-order valence-corrected chi connectivity index (χ2v) is 8.12. The van der Waals surface area contributed by atoms with Crippen LogP contribution >= 0.6 is 22.7 Å². The Morgan fingerprint density at radius 2 is 2.00 bits per heavy atom. The number of aryl methyl sites for hydroxylation is 1. The summed E-state index contributed by atoms with van der Waals surface area (Å²) < 4.78 is 3.15. The number of aromatic nitrogens is 2. The number of carbonyl (C=O) groups is 1. The normalized spacial score (nSPS) is 12.4. The van der Waals surface area contributed by atoms with Crippen LogP contribution in [0.1, 0.15) is 25.1 Å². The zero-order chi connectivity index (χ0) is 18.7. The van der Waals surface area contributed by atoms with Crippen LogP contribution in [-0.4, -0.2) is 21.1 Å². The van der Waals surface area contributed by atoms with Gasteiger partial charge in [-0.2, -0.15) is 0 Å². The van der Waals surface area contributed by atoms with Gasteiger partial charge >= 0.3 is 5.69 Å². The lowest BCUT2D eigenvalue weighted by molar-refractivity contribution is -0.122. The fourth-order valence-electron chi connectivity index (χ4n) is 2.73. The van der Waals surface area contributed by atoms with Gasteiger partial charge in [-0.05, 0) is 42.7 Å². The van der Waals surface area contributed by atoms with E-state index in [0.29, 0.717) is 23.2 Å². The number of carbonyl (C=O) groups excluding carboxylic acids is 1. The van der Waals surface area contributed by atoms with Crippen molar-refractivity contribution in [1.29, 1.82) is 0 Å². The van der Waals surface area contributed by atoms with Crippen LogP contribution in [0.5, 0.6) is 0 Å². The van der Waals surface area contributed by atoms with E-state index in [1.54, 1.807) is 22.8 Å². The number of hydrogen-bond donors (Lipinski definition) is 1. The Hall–Kier alpha value is -2.19. The molecule has 3 aromatic rings. The summed E-state index contributed by atoms with van der Waals surface area (Å²) in [6, 6.07) is 5.70. The van der Waals surface area contributed by atoms with E-state index < -0.39 is 5.69 Å². The van der Waals surface area contributed by atoms with Crippen molar-refractivity contribution >= 4 is 38.8 Å². The summed E-state index contributed by atoms with van der Waals surface area (Å²) in [6.07, 6.45) is 1.43. The van der Waals surface area contributed by atoms with Crippen molar-refractivity contribution < 1.29 is 4.79 Å². The lowest BCUT2D eigenvalue weighted by atomic mass is 10.2. The van der Waals surface area contributed by atoms with Gasteiger partial charge in [0, 0.05) is 17.5 Å². The van der Waals surface area contributed by atoms with Gasteiger partial charge in [-0.1, -0.05) is 13.0 Å². The van der Waals surface area contributed by atoms with Crippen LogP contribution in [0.3, 0.4) is 0 Å². The van der Waals surface area contributed by atoms with Gasteiger partial charge in [0.15, 0.2) is 0 Å². The van der Waals surface area contributed by atoms with Gasteiger partial charge in [0.05, 0.1) is 5.52 Å². The number of fused-ring (bicyclic) bond motifs is 1. The van der Waals surface area contributed by atoms with Crippen LogP contribution in [0.4, 0.5) is 0 Å². The van der Waals surface area contributed by atoms with Gasteiger partial charge in [0.2, 0.25) is 5.91 Å². The highest BCUT2D eigenvalue weighted by Gasteiger charge is 2.17. The molecule has 0 aliphatic heterocycles. The number of nitrogens with one attached hydrogen (secondary N) is 1. The molecular weight excluding hydrogens is 370 g/mol. The second kappa shape index (κ2) is 8.01. The predicted molar refractivity (Wildman–Crippen MR) is 106 cm³/mol. The SMILES string of the molecule is CCC(C)NC(=O)Cn1c(=O)n(CCc2cccs2)c(=O)c2sccc21. The molecule has 0 radical (unpaired) electrons. The molecule has 0 bridgehead atoms. The summed E-state index contributed by atoms with van der Waals surface area (Å²) in [7, 11) is 0. The summed E-state index contributed by atoms with van der Waals surface area (Å²) in [5, 5.41) is 6.62. The summed E-state index contributed by atoms with van der Waals surface area (Å²) in [5.74, 6) is -0.225. The van der Waals surface area contributed by atoms with E-state index in [9.17, 15) is 14.4 Å². The maximum Gasteiger partial charge on any atom is 0.332 e. The summed E-state index contributed by atoms with van der Waals surface area (Å²) in [4.78, 5) is 39.0. The van der Waals surface area contributed by atoms with Crippen LogP contribution in [0.2, 0.25) is 0 Å². The van der Waals surface area contributed by atoms with Crippen LogP contribution in [-0.2, 0) is 24.3 Å². The molecule has 26 heavy (non-hydrogen) atoms. The van der Waals surface area contributed by atoms with Gasteiger partial charge in [-0.15, -0.1) is 22.7 Å². The van der Waals surface area contributed by atoms with E-state index in [4.69, 9.17) is 0 Å². The van der Waals surface area contributed by atoms with Gasteiger partial charge in [0.25, 0.3) is 5.56 Å². The fraction of sp³-hybridized carbons (Fsp3) is 0.389. The van der Waals surface area contributed by atoms with Crippen molar-refractivity contribution in [3.8, 4) is 0 Å². The van der Waals surface area contributed by atoms with Crippen molar-refractivity contribution in [2.24, 2.45) is 0 Å². The van der Waals surface area contributed by atoms with Crippen LogP contribution in [0, 0.1) is 0 Å². The first kappa shape index (κ1) is 18.6. The average molecular weight is 392 g/mol. The number of thiophene rings is 2. The molecule has 8 heteroatoms. The van der Waals surface area contributed by atoms with Crippen molar-refractivity contribution in [2.45, 2.75) is 45.8 Å². The fourth-order valence-corrected chi connectivity index (χ4v) is 4.27. The molecule has 0 aliphatic rings. The minimum atomic E-state index is -0.434. The average Bonchev–Trinajstić information content (AvgIpc) is 3.30. The molecule has 1 N–H and O–H groups in total. The van der Waals surface area contributed by atoms with Gasteiger partial charge < -0.3 is 5.32 Å². The summed E-state index contributed by atoms with van der Waals surface area (Å²) >= 11 is 2.90. The molecule has 0 fully saturated rings. The Kier molecular flexibility index (Phi) is 5.73. The maximum atomic E-state index is 12.9. The lowest BCUT2D eigenvalue weighted by Crippen LogP contribution is -2.43. The number of rotatable bonds is 7. The quantitative estimate of drug-likeness (QED) is 0.672. The molecule has 0 aromatic carbocycles. The molecule has 0 aliphatic carbocycles. The zero-order valence-electron chi connectivity index (χ0n) is 14.7. The van der Waals surface area contributed by atoms with E-state index in [2.05, 4.69) is 5.32 Å². The molecule has 3 heterocycles. The molecule has 1 unspecified atom stereocenters. The third-order valence-corrected chi connectivity index (χ3v) is 6.15. The molecule has 138 valence electrons. The highest BCUT2D eigenvalue weighted by Crippen LogP contribution is 2.15. The third kappa shape index (κ3) is 3.81. The monoisotopic (exact) mass is 391 g/mol.